The second-order valence-corrected chi connectivity index (χ2v) is 5.34. The number of ether oxygens (including phenoxy) is 1. The van der Waals surface area contributed by atoms with Crippen LogP contribution in [0.3, 0.4) is 0 Å². The van der Waals surface area contributed by atoms with Crippen LogP contribution in [0, 0.1) is 11.3 Å². The number of nitrogens with one attached hydrogen (secondary N) is 1. The van der Waals surface area contributed by atoms with Gasteiger partial charge in [0.2, 0.25) is 0 Å². The number of halogens is 1. The molecule has 1 rings (SSSR count). The second kappa shape index (κ2) is 5.19. The van der Waals surface area contributed by atoms with Crippen molar-refractivity contribution in [2.45, 2.75) is 26.4 Å². The number of rotatable bonds is 1. The van der Waals surface area contributed by atoms with Gasteiger partial charge in [-0.2, -0.15) is 5.26 Å². The number of nitrogens with zero attached hydrogens (tertiary/aromatic N) is 1. The number of amides is 1. The standard InChI is InChI=1S/C12H13BrN2O2/c1-12(2,3)17-11(16)15-10-6-9(13)5-4-8(10)7-14/h4-6H,1-3H3,(H,15,16). The summed E-state index contributed by atoms with van der Waals surface area (Å²) in [5, 5.41) is 11.4. The summed E-state index contributed by atoms with van der Waals surface area (Å²) < 4.78 is 5.89. The molecule has 0 fully saturated rings. The molecule has 0 spiro atoms. The van der Waals surface area contributed by atoms with Gasteiger partial charge in [-0.3, -0.25) is 5.32 Å². The molecule has 0 atom stereocenters. The Morgan fingerprint density at radius 3 is 2.65 bits per heavy atom. The molecule has 17 heavy (non-hydrogen) atoms. The molecule has 0 saturated carbocycles. The summed E-state index contributed by atoms with van der Waals surface area (Å²) in [7, 11) is 0. The lowest BCUT2D eigenvalue weighted by Gasteiger charge is -2.20. The maximum atomic E-state index is 11.5. The van der Waals surface area contributed by atoms with Crippen molar-refractivity contribution in [3.05, 3.63) is 28.2 Å². The van der Waals surface area contributed by atoms with E-state index < -0.39 is 11.7 Å². The minimum absolute atomic E-state index is 0.388. The zero-order chi connectivity index (χ0) is 13.1. The molecule has 0 bridgehead atoms. The quantitative estimate of drug-likeness (QED) is 0.860. The van der Waals surface area contributed by atoms with Crippen molar-refractivity contribution in [3.8, 4) is 6.07 Å². The molecule has 1 amide bonds. The molecule has 0 radical (unpaired) electrons. The number of carbonyl (C=O) groups excluding carboxylic acids is 1. The van der Waals surface area contributed by atoms with Crippen LogP contribution in [0.2, 0.25) is 0 Å². The fourth-order valence-corrected chi connectivity index (χ4v) is 1.49. The third-order valence-electron chi connectivity index (χ3n) is 1.74. The van der Waals surface area contributed by atoms with Gasteiger partial charge in [0.05, 0.1) is 11.3 Å². The third-order valence-corrected chi connectivity index (χ3v) is 2.23. The largest absolute Gasteiger partial charge is 0.444 e. The van der Waals surface area contributed by atoms with Gasteiger partial charge in [0, 0.05) is 4.47 Å². The summed E-state index contributed by atoms with van der Waals surface area (Å²) in [6.45, 7) is 5.33. The molecule has 0 unspecified atom stereocenters. The van der Waals surface area contributed by atoms with Crippen LogP contribution in [0.4, 0.5) is 10.5 Å². The molecule has 1 aromatic rings. The van der Waals surface area contributed by atoms with E-state index in [2.05, 4.69) is 21.2 Å². The molecular formula is C12H13BrN2O2. The maximum Gasteiger partial charge on any atom is 0.412 e. The van der Waals surface area contributed by atoms with Crippen LogP contribution in [0.25, 0.3) is 0 Å². The van der Waals surface area contributed by atoms with Crippen molar-refractivity contribution < 1.29 is 9.53 Å². The molecule has 0 aliphatic carbocycles. The minimum atomic E-state index is -0.577. The molecule has 1 N–H and O–H groups in total. The van der Waals surface area contributed by atoms with E-state index in [0.717, 1.165) is 4.47 Å². The average molecular weight is 297 g/mol. The molecule has 0 saturated heterocycles. The van der Waals surface area contributed by atoms with E-state index in [9.17, 15) is 4.79 Å². The summed E-state index contributed by atoms with van der Waals surface area (Å²) in [6.07, 6.45) is -0.577. The van der Waals surface area contributed by atoms with Gasteiger partial charge in [0.25, 0.3) is 0 Å². The second-order valence-electron chi connectivity index (χ2n) is 4.43. The van der Waals surface area contributed by atoms with Crippen molar-refractivity contribution in [1.82, 2.24) is 0 Å². The van der Waals surface area contributed by atoms with Crippen LogP contribution in [-0.2, 0) is 4.74 Å². The molecule has 0 aliphatic heterocycles. The maximum absolute atomic E-state index is 11.5. The molecule has 0 heterocycles. The summed E-state index contributed by atoms with van der Waals surface area (Å²) >= 11 is 3.28. The third kappa shape index (κ3) is 4.45. The Bertz CT molecular complexity index is 472. The first-order chi connectivity index (χ1) is 7.81. The van der Waals surface area contributed by atoms with Crippen LogP contribution >= 0.6 is 15.9 Å². The highest BCUT2D eigenvalue weighted by molar-refractivity contribution is 9.10. The predicted octanol–water partition coefficient (Wildman–Crippen LogP) is 3.67. The SMILES string of the molecule is CC(C)(C)OC(=O)Nc1cc(Br)ccc1C#N. The fourth-order valence-electron chi connectivity index (χ4n) is 1.13. The lowest BCUT2D eigenvalue weighted by molar-refractivity contribution is 0.0636. The van der Waals surface area contributed by atoms with Crippen LogP contribution in [0.5, 0.6) is 0 Å². The zero-order valence-electron chi connectivity index (χ0n) is 9.87. The summed E-state index contributed by atoms with van der Waals surface area (Å²) in [5.74, 6) is 0. The lowest BCUT2D eigenvalue weighted by Crippen LogP contribution is -2.27. The Kier molecular flexibility index (Phi) is 4.13. The van der Waals surface area contributed by atoms with Gasteiger partial charge in [-0.25, -0.2) is 4.79 Å². The molecule has 1 aromatic carbocycles. The Labute approximate surface area is 109 Å². The fraction of sp³-hybridized carbons (Fsp3) is 0.333. The molecule has 0 aliphatic rings. The van der Waals surface area contributed by atoms with Gasteiger partial charge in [0.1, 0.15) is 11.7 Å². The lowest BCUT2D eigenvalue weighted by atomic mass is 10.2. The van der Waals surface area contributed by atoms with Crippen LogP contribution in [0.1, 0.15) is 26.3 Å². The van der Waals surface area contributed by atoms with E-state index in [1.165, 1.54) is 0 Å². The number of anilines is 1. The van der Waals surface area contributed by atoms with E-state index in [-0.39, 0.29) is 0 Å². The first-order valence-electron chi connectivity index (χ1n) is 5.01. The summed E-state index contributed by atoms with van der Waals surface area (Å²) in [5.41, 5.74) is 0.248. The number of hydrogen-bond acceptors (Lipinski definition) is 3. The van der Waals surface area contributed by atoms with Crippen molar-refractivity contribution in [2.24, 2.45) is 0 Å². The van der Waals surface area contributed by atoms with Crippen LogP contribution in [-0.4, -0.2) is 11.7 Å². The number of hydrogen-bond donors (Lipinski definition) is 1. The summed E-state index contributed by atoms with van der Waals surface area (Å²) in [4.78, 5) is 11.5. The highest BCUT2D eigenvalue weighted by Crippen LogP contribution is 2.21. The highest BCUT2D eigenvalue weighted by Gasteiger charge is 2.17. The van der Waals surface area contributed by atoms with Crippen molar-refractivity contribution in [2.75, 3.05) is 5.32 Å². The first kappa shape index (κ1) is 13.5. The van der Waals surface area contributed by atoms with Gasteiger partial charge in [-0.05, 0) is 39.0 Å². The Hall–Kier alpha value is -1.54. The average Bonchev–Trinajstić information content (AvgIpc) is 2.14. The van der Waals surface area contributed by atoms with Crippen LogP contribution in [0.15, 0.2) is 22.7 Å². The molecular weight excluding hydrogens is 284 g/mol. The topological polar surface area (TPSA) is 62.1 Å². The van der Waals surface area contributed by atoms with Gasteiger partial charge < -0.3 is 4.74 Å². The first-order valence-corrected chi connectivity index (χ1v) is 5.81. The van der Waals surface area contributed by atoms with Crippen molar-refractivity contribution in [3.63, 3.8) is 0 Å². The van der Waals surface area contributed by atoms with Gasteiger partial charge in [-0.15, -0.1) is 0 Å². The van der Waals surface area contributed by atoms with Gasteiger partial charge >= 0.3 is 6.09 Å². The van der Waals surface area contributed by atoms with Crippen molar-refractivity contribution >= 4 is 27.7 Å². The molecule has 0 aromatic heterocycles. The number of benzene rings is 1. The van der Waals surface area contributed by atoms with E-state index in [0.29, 0.717) is 11.3 Å². The van der Waals surface area contributed by atoms with E-state index in [1.54, 1.807) is 39.0 Å². The zero-order valence-corrected chi connectivity index (χ0v) is 11.5. The monoisotopic (exact) mass is 296 g/mol. The van der Waals surface area contributed by atoms with E-state index in [4.69, 9.17) is 10.00 Å². The highest BCUT2D eigenvalue weighted by atomic mass is 79.9. The van der Waals surface area contributed by atoms with E-state index >= 15 is 0 Å². The molecule has 90 valence electrons. The Morgan fingerprint density at radius 1 is 1.47 bits per heavy atom. The van der Waals surface area contributed by atoms with Gasteiger partial charge in [0.15, 0.2) is 0 Å². The predicted molar refractivity (Wildman–Crippen MR) is 68.7 cm³/mol. The molecule has 4 nitrogen and oxygen atoms in total. The Balaban J connectivity index is 2.85. The smallest absolute Gasteiger partial charge is 0.412 e. The Morgan fingerprint density at radius 2 is 2.12 bits per heavy atom. The number of carbonyl (C=O) groups is 1. The summed E-state index contributed by atoms with van der Waals surface area (Å²) in [6, 6.07) is 7.01. The number of nitriles is 1. The van der Waals surface area contributed by atoms with E-state index in [1.807, 2.05) is 6.07 Å². The molecule has 5 heteroatoms. The van der Waals surface area contributed by atoms with Crippen LogP contribution < -0.4 is 5.32 Å². The van der Waals surface area contributed by atoms with Crippen molar-refractivity contribution in [1.29, 1.82) is 5.26 Å². The van der Waals surface area contributed by atoms with Gasteiger partial charge in [-0.1, -0.05) is 15.9 Å². The normalized spacial score (nSPS) is 10.5. The minimum Gasteiger partial charge on any atom is -0.444 e.